The van der Waals surface area contributed by atoms with Crippen molar-refractivity contribution in [2.45, 2.75) is 26.0 Å². The van der Waals surface area contributed by atoms with E-state index < -0.39 is 10.0 Å². The van der Waals surface area contributed by atoms with Crippen LogP contribution in [0.3, 0.4) is 0 Å². The van der Waals surface area contributed by atoms with Crippen LogP contribution in [0.5, 0.6) is 5.75 Å². The van der Waals surface area contributed by atoms with Crippen LogP contribution in [0.2, 0.25) is 0 Å². The summed E-state index contributed by atoms with van der Waals surface area (Å²) in [6, 6.07) is 7.13. The second-order valence-electron chi connectivity index (χ2n) is 4.64. The highest BCUT2D eigenvalue weighted by molar-refractivity contribution is 7.88. The van der Waals surface area contributed by atoms with Crippen LogP contribution in [-0.2, 0) is 15.8 Å². The van der Waals surface area contributed by atoms with Crippen molar-refractivity contribution in [2.24, 2.45) is 5.73 Å². The van der Waals surface area contributed by atoms with E-state index in [0.717, 1.165) is 6.42 Å². The van der Waals surface area contributed by atoms with Crippen molar-refractivity contribution in [3.05, 3.63) is 29.8 Å². The number of rotatable bonds is 9. The van der Waals surface area contributed by atoms with Gasteiger partial charge in [-0.1, -0.05) is 38.2 Å². The van der Waals surface area contributed by atoms with Gasteiger partial charge in [-0.25, -0.2) is 8.42 Å². The van der Waals surface area contributed by atoms with Gasteiger partial charge in [-0.15, -0.1) is 0 Å². The highest BCUT2D eigenvalue weighted by Gasteiger charge is 2.21. The van der Waals surface area contributed by atoms with Gasteiger partial charge in [-0.3, -0.25) is 0 Å². The summed E-state index contributed by atoms with van der Waals surface area (Å²) in [5, 5.41) is 0. The molecule has 118 valence electrons. The van der Waals surface area contributed by atoms with Crippen LogP contribution >= 0.6 is 12.2 Å². The fourth-order valence-corrected chi connectivity index (χ4v) is 3.58. The van der Waals surface area contributed by atoms with E-state index in [9.17, 15) is 8.42 Å². The summed E-state index contributed by atoms with van der Waals surface area (Å²) in [5.41, 5.74) is 6.13. The molecule has 0 aliphatic rings. The molecule has 0 aliphatic heterocycles. The minimum Gasteiger partial charge on any atom is -0.494 e. The third kappa shape index (κ3) is 5.99. The third-order valence-corrected chi connectivity index (χ3v) is 4.80. The molecule has 0 atom stereocenters. The molecule has 0 aromatic heterocycles. The summed E-state index contributed by atoms with van der Waals surface area (Å²) >= 11 is 4.79. The minimum absolute atomic E-state index is 0.0696. The predicted molar refractivity (Wildman–Crippen MR) is 88.9 cm³/mol. The van der Waals surface area contributed by atoms with Gasteiger partial charge in [0.2, 0.25) is 10.0 Å². The monoisotopic (exact) mass is 330 g/mol. The van der Waals surface area contributed by atoms with Gasteiger partial charge in [0.15, 0.2) is 0 Å². The molecule has 0 saturated carbocycles. The lowest BCUT2D eigenvalue weighted by molar-refractivity contribution is 0.317. The number of hydrogen-bond donors (Lipinski definition) is 1. The van der Waals surface area contributed by atoms with Crippen LogP contribution < -0.4 is 10.5 Å². The molecule has 0 amide bonds. The van der Waals surface area contributed by atoms with Crippen molar-refractivity contribution in [3.8, 4) is 5.75 Å². The number of nitrogens with two attached hydrogens (primary N) is 1. The zero-order chi connectivity index (χ0) is 15.9. The Hall–Kier alpha value is -1.18. The second kappa shape index (κ2) is 8.31. The summed E-state index contributed by atoms with van der Waals surface area (Å²) in [6.45, 7) is 4.80. The number of thiocarbonyl (C=S) groups is 1. The first-order valence-electron chi connectivity index (χ1n) is 6.87. The molecule has 7 heteroatoms. The molecule has 0 heterocycles. The molecule has 0 bridgehead atoms. The summed E-state index contributed by atoms with van der Waals surface area (Å²) in [4.78, 5) is 0.167. The Morgan fingerprint density at radius 1 is 1.38 bits per heavy atom. The summed E-state index contributed by atoms with van der Waals surface area (Å²) in [6.07, 6.45) is 0.903. The van der Waals surface area contributed by atoms with E-state index in [4.69, 9.17) is 22.7 Å². The molecule has 21 heavy (non-hydrogen) atoms. The zero-order valence-corrected chi connectivity index (χ0v) is 14.0. The Morgan fingerprint density at radius 3 is 2.67 bits per heavy atom. The number of ether oxygens (including phenoxy) is 1. The van der Waals surface area contributed by atoms with Gasteiger partial charge in [-0.2, -0.15) is 4.31 Å². The molecule has 0 fully saturated rings. The van der Waals surface area contributed by atoms with Crippen LogP contribution in [0, 0.1) is 0 Å². The first-order chi connectivity index (χ1) is 9.89. The van der Waals surface area contributed by atoms with Gasteiger partial charge in [0.05, 0.1) is 23.9 Å². The molecule has 0 saturated heterocycles. The number of sulfonamides is 1. The third-order valence-electron chi connectivity index (χ3n) is 2.80. The zero-order valence-electron chi connectivity index (χ0n) is 12.4. The average molecular weight is 330 g/mol. The quantitative estimate of drug-likeness (QED) is 0.700. The van der Waals surface area contributed by atoms with Crippen LogP contribution in [0.4, 0.5) is 0 Å². The average Bonchev–Trinajstić information content (AvgIpc) is 2.42. The summed E-state index contributed by atoms with van der Waals surface area (Å²) < 4.78 is 31.5. The van der Waals surface area contributed by atoms with Crippen molar-refractivity contribution in [3.63, 3.8) is 0 Å². The lowest BCUT2D eigenvalue weighted by Gasteiger charge is -2.19. The Balaban J connectivity index is 2.85. The fraction of sp³-hybridized carbons (Fsp3) is 0.500. The molecular weight excluding hydrogens is 308 g/mol. The van der Waals surface area contributed by atoms with Gasteiger partial charge in [0.1, 0.15) is 5.75 Å². The molecule has 0 aliphatic carbocycles. The molecule has 1 aromatic rings. The molecular formula is C14H22N2O3S2. The molecule has 5 nitrogen and oxygen atoms in total. The maximum absolute atomic E-state index is 12.4. The number of likely N-dealkylation sites (N-methyl/N-ethyl adjacent to an activating group) is 1. The van der Waals surface area contributed by atoms with Crippen molar-refractivity contribution in [1.29, 1.82) is 0 Å². The van der Waals surface area contributed by atoms with Gasteiger partial charge in [0, 0.05) is 6.54 Å². The van der Waals surface area contributed by atoms with E-state index in [1.165, 1.54) is 4.31 Å². The van der Waals surface area contributed by atoms with E-state index in [1.54, 1.807) is 25.1 Å². The fourth-order valence-electron chi connectivity index (χ4n) is 1.83. The number of nitrogens with zero attached hydrogens (tertiary/aromatic N) is 1. The van der Waals surface area contributed by atoms with Crippen molar-refractivity contribution in [2.75, 3.05) is 19.7 Å². The highest BCUT2D eigenvalue weighted by Crippen LogP contribution is 2.17. The summed E-state index contributed by atoms with van der Waals surface area (Å²) in [7, 11) is -3.45. The molecule has 1 rings (SSSR count). The Labute approximate surface area is 132 Å². The van der Waals surface area contributed by atoms with Gasteiger partial charge in [-0.05, 0) is 24.1 Å². The molecule has 0 unspecified atom stereocenters. The van der Waals surface area contributed by atoms with E-state index in [0.29, 0.717) is 24.5 Å². The maximum Gasteiger partial charge on any atom is 0.218 e. The summed E-state index contributed by atoms with van der Waals surface area (Å²) in [5.74, 6) is 0.592. The normalized spacial score (nSPS) is 11.6. The lowest BCUT2D eigenvalue weighted by Crippen LogP contribution is -2.38. The Bertz CT molecular complexity index is 573. The highest BCUT2D eigenvalue weighted by atomic mass is 32.2. The van der Waals surface area contributed by atoms with Gasteiger partial charge in [0.25, 0.3) is 0 Å². The van der Waals surface area contributed by atoms with E-state index in [1.807, 2.05) is 13.0 Å². The van der Waals surface area contributed by atoms with Gasteiger partial charge >= 0.3 is 0 Å². The van der Waals surface area contributed by atoms with E-state index in [-0.39, 0.29) is 17.3 Å². The smallest absolute Gasteiger partial charge is 0.218 e. The SMILES string of the molecule is CCCOc1cccc(CS(=O)(=O)N(CC)CC(N)=S)c1. The maximum atomic E-state index is 12.4. The largest absolute Gasteiger partial charge is 0.494 e. The standard InChI is InChI=1S/C14H22N2O3S2/c1-3-8-19-13-7-5-6-12(9-13)11-21(17,18)16(4-2)10-14(15)20/h5-7,9H,3-4,8,10-11H2,1-2H3,(H2,15,20). The Kier molecular flexibility index (Phi) is 7.07. The lowest BCUT2D eigenvalue weighted by atomic mass is 10.2. The Morgan fingerprint density at radius 2 is 2.10 bits per heavy atom. The van der Waals surface area contributed by atoms with Crippen LogP contribution in [-0.4, -0.2) is 37.4 Å². The van der Waals surface area contributed by atoms with Crippen LogP contribution in [0.1, 0.15) is 25.8 Å². The van der Waals surface area contributed by atoms with Crippen molar-refractivity contribution in [1.82, 2.24) is 4.31 Å². The topological polar surface area (TPSA) is 72.6 Å². The van der Waals surface area contributed by atoms with Crippen molar-refractivity contribution >= 4 is 27.2 Å². The first-order valence-corrected chi connectivity index (χ1v) is 8.88. The van der Waals surface area contributed by atoms with Gasteiger partial charge < -0.3 is 10.5 Å². The van der Waals surface area contributed by atoms with Crippen LogP contribution in [0.15, 0.2) is 24.3 Å². The molecule has 2 N–H and O–H groups in total. The number of hydrogen-bond acceptors (Lipinski definition) is 4. The van der Waals surface area contributed by atoms with Crippen molar-refractivity contribution < 1.29 is 13.2 Å². The molecule has 0 radical (unpaired) electrons. The first kappa shape index (κ1) is 17.9. The van der Waals surface area contributed by atoms with Crippen LogP contribution in [0.25, 0.3) is 0 Å². The van der Waals surface area contributed by atoms with E-state index >= 15 is 0 Å². The van der Waals surface area contributed by atoms with E-state index in [2.05, 4.69) is 0 Å². The molecule has 0 spiro atoms. The second-order valence-corrected chi connectivity index (χ2v) is 7.14. The number of benzene rings is 1. The minimum atomic E-state index is -3.45. The molecule has 1 aromatic carbocycles. The predicted octanol–water partition coefficient (Wildman–Crippen LogP) is 1.91.